The van der Waals surface area contributed by atoms with E-state index in [9.17, 15) is 4.39 Å². The third-order valence-electron chi connectivity index (χ3n) is 1.79. The highest BCUT2D eigenvalue weighted by molar-refractivity contribution is 5.29. The summed E-state index contributed by atoms with van der Waals surface area (Å²) < 4.78 is 18.2. The van der Waals surface area contributed by atoms with E-state index in [-0.39, 0.29) is 18.9 Å². The van der Waals surface area contributed by atoms with E-state index in [1.807, 2.05) is 6.92 Å². The van der Waals surface area contributed by atoms with Gasteiger partial charge in [-0.3, -0.25) is 0 Å². The summed E-state index contributed by atoms with van der Waals surface area (Å²) in [7, 11) is 0. The Morgan fingerprint density at radius 1 is 1.57 bits per heavy atom. The summed E-state index contributed by atoms with van der Waals surface area (Å²) in [5, 5.41) is 9.11. The summed E-state index contributed by atoms with van der Waals surface area (Å²) in [5.41, 5.74) is 6.09. The molecule has 0 fully saturated rings. The van der Waals surface area contributed by atoms with Crippen molar-refractivity contribution in [3.05, 3.63) is 29.6 Å². The molecule has 0 aliphatic carbocycles. The normalized spacial score (nSPS) is 12.6. The van der Waals surface area contributed by atoms with Crippen LogP contribution in [0.5, 0.6) is 5.75 Å². The number of hydrogen-bond acceptors (Lipinski definition) is 3. The van der Waals surface area contributed by atoms with E-state index >= 15 is 0 Å². The van der Waals surface area contributed by atoms with Gasteiger partial charge in [0, 0.05) is 6.54 Å². The maximum atomic E-state index is 13.1. The highest BCUT2D eigenvalue weighted by Gasteiger charge is 2.06. The average molecular weight is 199 g/mol. The van der Waals surface area contributed by atoms with Gasteiger partial charge in [-0.1, -0.05) is 6.07 Å². The van der Waals surface area contributed by atoms with Gasteiger partial charge in [0.25, 0.3) is 0 Å². The van der Waals surface area contributed by atoms with Gasteiger partial charge < -0.3 is 15.6 Å². The van der Waals surface area contributed by atoms with Crippen molar-refractivity contribution in [1.82, 2.24) is 0 Å². The van der Waals surface area contributed by atoms with Crippen molar-refractivity contribution in [1.29, 1.82) is 0 Å². The average Bonchev–Trinajstić information content (AvgIpc) is 2.19. The van der Waals surface area contributed by atoms with Crippen LogP contribution in [0.25, 0.3) is 0 Å². The molecule has 78 valence electrons. The molecule has 0 bridgehead atoms. The van der Waals surface area contributed by atoms with Crippen LogP contribution in [0.1, 0.15) is 5.56 Å². The van der Waals surface area contributed by atoms with Crippen LogP contribution in [0.3, 0.4) is 0 Å². The minimum Gasteiger partial charge on any atom is -0.488 e. The van der Waals surface area contributed by atoms with Crippen molar-refractivity contribution in [2.75, 3.05) is 13.2 Å². The Bertz CT molecular complexity index is 304. The minimum absolute atomic E-state index is 0.0108. The zero-order valence-electron chi connectivity index (χ0n) is 8.03. The van der Waals surface area contributed by atoms with E-state index in [0.29, 0.717) is 0 Å². The van der Waals surface area contributed by atoms with Crippen LogP contribution in [0, 0.1) is 12.7 Å². The molecule has 0 aliphatic heterocycles. The van der Waals surface area contributed by atoms with Gasteiger partial charge >= 0.3 is 0 Å². The number of hydrogen-bond donors (Lipinski definition) is 2. The predicted octanol–water partition coefficient (Wildman–Crippen LogP) is 0.833. The standard InChI is InChI=1S/C10H14FNO2/c1-7-2-3-9(11)10(4-7)14-6-8(13)5-12/h2-4,8,13H,5-6,12H2,1H3. The van der Waals surface area contributed by atoms with Crippen LogP contribution in [0.4, 0.5) is 4.39 Å². The molecule has 0 saturated heterocycles. The molecule has 1 aromatic rings. The molecule has 1 aromatic carbocycles. The largest absolute Gasteiger partial charge is 0.488 e. The molecule has 1 unspecified atom stereocenters. The molecule has 14 heavy (non-hydrogen) atoms. The van der Waals surface area contributed by atoms with Crippen molar-refractivity contribution in [2.24, 2.45) is 5.73 Å². The minimum atomic E-state index is -0.755. The van der Waals surface area contributed by atoms with E-state index in [0.717, 1.165) is 5.56 Å². The summed E-state index contributed by atoms with van der Waals surface area (Å²) in [6, 6.07) is 4.57. The molecule has 3 N–H and O–H groups in total. The zero-order valence-corrected chi connectivity index (χ0v) is 8.03. The van der Waals surface area contributed by atoms with Gasteiger partial charge in [-0.15, -0.1) is 0 Å². The Labute approximate surface area is 82.3 Å². The van der Waals surface area contributed by atoms with Crippen LogP contribution in [0.2, 0.25) is 0 Å². The van der Waals surface area contributed by atoms with Gasteiger partial charge in [0.1, 0.15) is 12.7 Å². The van der Waals surface area contributed by atoms with Crippen molar-refractivity contribution in [3.63, 3.8) is 0 Å². The predicted molar refractivity (Wildman–Crippen MR) is 51.7 cm³/mol. The molecule has 0 radical (unpaired) electrons. The number of rotatable bonds is 4. The third-order valence-corrected chi connectivity index (χ3v) is 1.79. The summed E-state index contributed by atoms with van der Waals surface area (Å²) in [5.74, 6) is -0.280. The lowest BCUT2D eigenvalue weighted by molar-refractivity contribution is 0.111. The van der Waals surface area contributed by atoms with Crippen molar-refractivity contribution < 1.29 is 14.2 Å². The molecule has 1 rings (SSSR count). The molecule has 0 heterocycles. The van der Waals surface area contributed by atoms with Crippen LogP contribution in [0.15, 0.2) is 18.2 Å². The molecule has 0 saturated carbocycles. The summed E-state index contributed by atoms with van der Waals surface area (Å²) in [6.45, 7) is 1.95. The highest BCUT2D eigenvalue weighted by Crippen LogP contribution is 2.18. The number of aliphatic hydroxyl groups is 1. The topological polar surface area (TPSA) is 55.5 Å². The SMILES string of the molecule is Cc1ccc(F)c(OCC(O)CN)c1. The van der Waals surface area contributed by atoms with Gasteiger partial charge in [0.15, 0.2) is 11.6 Å². The molecule has 0 spiro atoms. The molecule has 4 heteroatoms. The number of halogens is 1. The molecular formula is C10H14FNO2. The van der Waals surface area contributed by atoms with Gasteiger partial charge in [-0.2, -0.15) is 0 Å². The van der Waals surface area contributed by atoms with Gasteiger partial charge in [0.05, 0.1) is 0 Å². The lowest BCUT2D eigenvalue weighted by atomic mass is 10.2. The number of aliphatic hydroxyl groups excluding tert-OH is 1. The summed E-state index contributed by atoms with van der Waals surface area (Å²) in [6.07, 6.45) is -0.755. The fraction of sp³-hybridized carbons (Fsp3) is 0.400. The van der Waals surface area contributed by atoms with E-state index in [1.54, 1.807) is 12.1 Å². The van der Waals surface area contributed by atoms with Gasteiger partial charge in [0.2, 0.25) is 0 Å². The molecule has 0 amide bonds. The molecule has 0 aromatic heterocycles. The van der Waals surface area contributed by atoms with Crippen LogP contribution in [-0.4, -0.2) is 24.4 Å². The quantitative estimate of drug-likeness (QED) is 0.755. The van der Waals surface area contributed by atoms with Crippen molar-refractivity contribution in [3.8, 4) is 5.75 Å². The number of benzene rings is 1. The van der Waals surface area contributed by atoms with E-state index in [2.05, 4.69) is 0 Å². The number of ether oxygens (including phenoxy) is 1. The maximum absolute atomic E-state index is 13.1. The first-order valence-corrected chi connectivity index (χ1v) is 4.40. The molecular weight excluding hydrogens is 185 g/mol. The lowest BCUT2D eigenvalue weighted by Gasteiger charge is -2.11. The second-order valence-corrected chi connectivity index (χ2v) is 3.13. The third kappa shape index (κ3) is 2.97. The maximum Gasteiger partial charge on any atom is 0.165 e. The fourth-order valence-electron chi connectivity index (χ4n) is 0.975. The number of nitrogens with two attached hydrogens (primary N) is 1. The summed E-state index contributed by atoms with van der Waals surface area (Å²) >= 11 is 0. The molecule has 1 atom stereocenters. The first-order valence-electron chi connectivity index (χ1n) is 4.40. The second-order valence-electron chi connectivity index (χ2n) is 3.13. The fourth-order valence-corrected chi connectivity index (χ4v) is 0.975. The van der Waals surface area contributed by atoms with E-state index in [1.165, 1.54) is 6.07 Å². The van der Waals surface area contributed by atoms with Crippen LogP contribution >= 0.6 is 0 Å². The first-order chi connectivity index (χ1) is 6.63. The van der Waals surface area contributed by atoms with Crippen molar-refractivity contribution >= 4 is 0 Å². The van der Waals surface area contributed by atoms with E-state index < -0.39 is 11.9 Å². The second kappa shape index (κ2) is 4.93. The smallest absolute Gasteiger partial charge is 0.165 e. The zero-order chi connectivity index (χ0) is 10.6. The molecule has 3 nitrogen and oxygen atoms in total. The lowest BCUT2D eigenvalue weighted by Crippen LogP contribution is -2.26. The Balaban J connectivity index is 2.62. The van der Waals surface area contributed by atoms with Gasteiger partial charge in [-0.05, 0) is 24.6 Å². The Kier molecular flexibility index (Phi) is 3.85. The van der Waals surface area contributed by atoms with Crippen molar-refractivity contribution in [2.45, 2.75) is 13.0 Å². The number of aryl methyl sites for hydroxylation is 1. The molecule has 0 aliphatic rings. The monoisotopic (exact) mass is 199 g/mol. The van der Waals surface area contributed by atoms with Crippen LogP contribution in [-0.2, 0) is 0 Å². The Hall–Kier alpha value is -1.13. The Morgan fingerprint density at radius 2 is 2.29 bits per heavy atom. The highest BCUT2D eigenvalue weighted by atomic mass is 19.1. The van der Waals surface area contributed by atoms with Gasteiger partial charge in [-0.25, -0.2) is 4.39 Å². The summed E-state index contributed by atoms with van der Waals surface area (Å²) in [4.78, 5) is 0. The first kappa shape index (κ1) is 10.9. The van der Waals surface area contributed by atoms with Crippen LogP contribution < -0.4 is 10.5 Å². The van der Waals surface area contributed by atoms with E-state index in [4.69, 9.17) is 15.6 Å². The Morgan fingerprint density at radius 3 is 2.93 bits per heavy atom.